The highest BCUT2D eigenvalue weighted by atomic mass is 16.2. The highest BCUT2D eigenvalue weighted by Crippen LogP contribution is 2.31. The van der Waals surface area contributed by atoms with Gasteiger partial charge >= 0.3 is 0 Å². The summed E-state index contributed by atoms with van der Waals surface area (Å²) in [5.41, 5.74) is 1.72. The van der Waals surface area contributed by atoms with Crippen LogP contribution in [-0.2, 0) is 12.0 Å². The lowest BCUT2D eigenvalue weighted by Gasteiger charge is -2.35. The largest absolute Gasteiger partial charge is 0.310 e. The Labute approximate surface area is 142 Å². The van der Waals surface area contributed by atoms with Gasteiger partial charge in [0, 0.05) is 23.5 Å². The van der Waals surface area contributed by atoms with Crippen molar-refractivity contribution >= 4 is 11.6 Å². The van der Waals surface area contributed by atoms with E-state index in [0.29, 0.717) is 0 Å². The number of benzene rings is 1. The fourth-order valence-corrected chi connectivity index (χ4v) is 3.31. The number of rotatable bonds is 1. The number of anilines is 1. The highest BCUT2D eigenvalue weighted by molar-refractivity contribution is 6.06. The van der Waals surface area contributed by atoms with E-state index in [0.717, 1.165) is 24.1 Å². The second kappa shape index (κ2) is 5.93. The van der Waals surface area contributed by atoms with Crippen LogP contribution >= 0.6 is 0 Å². The van der Waals surface area contributed by atoms with Crippen molar-refractivity contribution in [3.8, 4) is 0 Å². The zero-order valence-electron chi connectivity index (χ0n) is 14.7. The van der Waals surface area contributed by atoms with Gasteiger partial charge in [0.15, 0.2) is 0 Å². The average molecular weight is 324 g/mol. The van der Waals surface area contributed by atoms with Gasteiger partial charge in [-0.3, -0.25) is 9.59 Å². The molecule has 1 aromatic carbocycles. The average Bonchev–Trinajstić information content (AvgIpc) is 2.53. The number of fused-ring (bicyclic) bond motifs is 1. The number of carbonyl (C=O) groups excluding carboxylic acids is 1. The standard InChI is InChI=1S/C20H24N2O2/c1-14-11-12-15-8-5-6-10-17(15)22(14)19(24)16-9-7-13-21(18(16)23)20(2,3)4/h5-10,13-14H,11-12H2,1-4H3. The van der Waals surface area contributed by atoms with Crippen molar-refractivity contribution in [1.82, 2.24) is 4.57 Å². The molecule has 0 fully saturated rings. The SMILES string of the molecule is CC1CCc2ccccc2N1C(=O)c1cccn(C(C)(C)C)c1=O. The van der Waals surface area contributed by atoms with E-state index in [1.807, 2.05) is 45.9 Å². The summed E-state index contributed by atoms with van der Waals surface area (Å²) in [6, 6.07) is 11.4. The molecule has 0 N–H and O–H groups in total. The summed E-state index contributed by atoms with van der Waals surface area (Å²) in [5, 5.41) is 0. The molecule has 1 atom stereocenters. The minimum Gasteiger partial charge on any atom is -0.310 e. The van der Waals surface area contributed by atoms with E-state index in [4.69, 9.17) is 0 Å². The van der Waals surface area contributed by atoms with Gasteiger partial charge in [-0.2, -0.15) is 0 Å². The minimum atomic E-state index is -0.362. The lowest BCUT2D eigenvalue weighted by Crippen LogP contribution is -2.45. The first kappa shape index (κ1) is 16.5. The molecule has 1 aliphatic heterocycles. The first-order valence-corrected chi connectivity index (χ1v) is 8.44. The van der Waals surface area contributed by atoms with Crippen molar-refractivity contribution in [2.45, 2.75) is 52.1 Å². The number of aromatic nitrogens is 1. The Bertz CT molecular complexity index is 830. The third kappa shape index (κ3) is 2.77. The monoisotopic (exact) mass is 324 g/mol. The predicted octanol–water partition coefficient (Wildman–Crippen LogP) is 3.58. The summed E-state index contributed by atoms with van der Waals surface area (Å²) in [4.78, 5) is 27.8. The molecule has 3 rings (SSSR count). The number of amides is 1. The summed E-state index contributed by atoms with van der Waals surface area (Å²) in [6.07, 6.45) is 3.61. The van der Waals surface area contributed by atoms with Crippen molar-refractivity contribution < 1.29 is 4.79 Å². The summed E-state index contributed by atoms with van der Waals surface area (Å²) < 4.78 is 1.63. The van der Waals surface area contributed by atoms with Crippen molar-refractivity contribution in [1.29, 1.82) is 0 Å². The van der Waals surface area contributed by atoms with E-state index in [2.05, 4.69) is 6.07 Å². The molecule has 0 spiro atoms. The Hall–Kier alpha value is -2.36. The maximum absolute atomic E-state index is 13.2. The molecule has 126 valence electrons. The third-order valence-corrected chi connectivity index (χ3v) is 4.64. The third-order valence-electron chi connectivity index (χ3n) is 4.64. The van der Waals surface area contributed by atoms with Gasteiger partial charge in [-0.15, -0.1) is 0 Å². The van der Waals surface area contributed by atoms with E-state index in [1.54, 1.807) is 27.8 Å². The zero-order valence-corrected chi connectivity index (χ0v) is 14.7. The Kier molecular flexibility index (Phi) is 4.08. The van der Waals surface area contributed by atoms with E-state index < -0.39 is 0 Å². The molecule has 1 aliphatic rings. The number of hydrogen-bond acceptors (Lipinski definition) is 2. The molecule has 2 heterocycles. The summed E-state index contributed by atoms with van der Waals surface area (Å²) >= 11 is 0. The van der Waals surface area contributed by atoms with Crippen LogP contribution in [0.4, 0.5) is 5.69 Å². The smallest absolute Gasteiger partial charge is 0.264 e. The predicted molar refractivity (Wildman–Crippen MR) is 96.7 cm³/mol. The summed E-state index contributed by atoms with van der Waals surface area (Å²) in [7, 11) is 0. The molecule has 0 aliphatic carbocycles. The maximum Gasteiger partial charge on any atom is 0.264 e. The quantitative estimate of drug-likeness (QED) is 0.804. The van der Waals surface area contributed by atoms with E-state index in [-0.39, 0.29) is 28.6 Å². The van der Waals surface area contributed by atoms with Gasteiger partial charge in [-0.25, -0.2) is 0 Å². The molecule has 0 radical (unpaired) electrons. The van der Waals surface area contributed by atoms with Gasteiger partial charge in [0.2, 0.25) is 0 Å². The van der Waals surface area contributed by atoms with Crippen molar-refractivity contribution in [2.75, 3.05) is 4.90 Å². The van der Waals surface area contributed by atoms with Crippen molar-refractivity contribution in [2.24, 2.45) is 0 Å². The Morgan fingerprint density at radius 2 is 1.83 bits per heavy atom. The number of para-hydroxylation sites is 1. The van der Waals surface area contributed by atoms with Gasteiger partial charge in [0.1, 0.15) is 5.56 Å². The van der Waals surface area contributed by atoms with Crippen LogP contribution < -0.4 is 10.5 Å². The molecule has 1 aromatic heterocycles. The maximum atomic E-state index is 13.2. The van der Waals surface area contributed by atoms with Crippen LogP contribution in [-0.4, -0.2) is 16.5 Å². The van der Waals surface area contributed by atoms with Gasteiger partial charge in [0.25, 0.3) is 11.5 Å². The van der Waals surface area contributed by atoms with Gasteiger partial charge in [-0.05, 0) is 64.3 Å². The Morgan fingerprint density at radius 3 is 2.54 bits per heavy atom. The molecular weight excluding hydrogens is 300 g/mol. The van der Waals surface area contributed by atoms with Crippen molar-refractivity contribution in [3.63, 3.8) is 0 Å². The zero-order chi connectivity index (χ0) is 17.5. The topological polar surface area (TPSA) is 42.3 Å². The number of nitrogens with zero attached hydrogens (tertiary/aromatic N) is 2. The Balaban J connectivity index is 2.09. The van der Waals surface area contributed by atoms with Crippen LogP contribution in [0.2, 0.25) is 0 Å². The molecule has 24 heavy (non-hydrogen) atoms. The molecule has 4 nitrogen and oxygen atoms in total. The normalized spacial score (nSPS) is 17.5. The number of pyridine rings is 1. The fraction of sp³-hybridized carbons (Fsp3) is 0.400. The molecule has 1 unspecified atom stereocenters. The summed E-state index contributed by atoms with van der Waals surface area (Å²) in [6.45, 7) is 7.92. The second-order valence-corrected chi connectivity index (χ2v) is 7.46. The van der Waals surface area contributed by atoms with E-state index >= 15 is 0 Å². The van der Waals surface area contributed by atoms with Gasteiger partial charge < -0.3 is 9.47 Å². The molecule has 0 saturated carbocycles. The van der Waals surface area contributed by atoms with E-state index in [9.17, 15) is 9.59 Å². The fourth-order valence-electron chi connectivity index (χ4n) is 3.31. The lowest BCUT2D eigenvalue weighted by molar-refractivity contribution is 0.0972. The summed E-state index contributed by atoms with van der Waals surface area (Å²) in [5.74, 6) is -0.210. The van der Waals surface area contributed by atoms with Crippen LogP contribution in [0.1, 0.15) is 50.0 Å². The first-order chi connectivity index (χ1) is 11.3. The van der Waals surface area contributed by atoms with Crippen LogP contribution in [0.5, 0.6) is 0 Å². The van der Waals surface area contributed by atoms with Crippen LogP contribution in [0, 0.1) is 0 Å². The molecule has 0 bridgehead atoms. The number of aryl methyl sites for hydroxylation is 1. The van der Waals surface area contributed by atoms with E-state index in [1.165, 1.54) is 0 Å². The second-order valence-electron chi connectivity index (χ2n) is 7.46. The number of carbonyl (C=O) groups is 1. The molecule has 1 amide bonds. The van der Waals surface area contributed by atoms with Crippen LogP contribution in [0.25, 0.3) is 0 Å². The van der Waals surface area contributed by atoms with Crippen LogP contribution in [0.3, 0.4) is 0 Å². The first-order valence-electron chi connectivity index (χ1n) is 8.44. The van der Waals surface area contributed by atoms with Gasteiger partial charge in [0.05, 0.1) is 0 Å². The van der Waals surface area contributed by atoms with Crippen LogP contribution in [0.15, 0.2) is 47.4 Å². The highest BCUT2D eigenvalue weighted by Gasteiger charge is 2.30. The van der Waals surface area contributed by atoms with Crippen molar-refractivity contribution in [3.05, 3.63) is 64.1 Å². The molecule has 2 aromatic rings. The molecular formula is C20H24N2O2. The number of hydrogen-bond donors (Lipinski definition) is 0. The van der Waals surface area contributed by atoms with Gasteiger partial charge in [-0.1, -0.05) is 18.2 Å². The lowest BCUT2D eigenvalue weighted by atomic mass is 9.96. The molecule has 0 saturated heterocycles. The minimum absolute atomic E-state index is 0.0788. The Morgan fingerprint density at radius 1 is 1.12 bits per heavy atom. The molecule has 4 heteroatoms.